The standard InChI is InChI=1S/C22H20N2O5/c1-28-19-5-3-4-15(12-19)13-24-14-17(8-11-20(24)25)21(26)23-18-9-6-16(7-10-18)22(27)29-2/h3-12,14H,13H2,1-2H3,(H,23,26). The number of ether oxygens (including phenoxy) is 2. The van der Waals surface area contributed by atoms with Crippen molar-refractivity contribution in [2.45, 2.75) is 6.54 Å². The second kappa shape index (κ2) is 8.88. The summed E-state index contributed by atoms with van der Waals surface area (Å²) in [7, 11) is 2.88. The lowest BCUT2D eigenvalue weighted by Gasteiger charge is -2.10. The van der Waals surface area contributed by atoms with Gasteiger partial charge in [-0.15, -0.1) is 0 Å². The van der Waals surface area contributed by atoms with E-state index in [2.05, 4.69) is 10.1 Å². The summed E-state index contributed by atoms with van der Waals surface area (Å²) >= 11 is 0. The van der Waals surface area contributed by atoms with E-state index in [0.717, 1.165) is 5.56 Å². The number of benzene rings is 2. The first kappa shape index (κ1) is 19.9. The Bertz CT molecular complexity index is 1090. The highest BCUT2D eigenvalue weighted by Crippen LogP contribution is 2.14. The van der Waals surface area contributed by atoms with Gasteiger partial charge in [-0.1, -0.05) is 12.1 Å². The molecule has 3 rings (SSSR count). The molecule has 0 fully saturated rings. The summed E-state index contributed by atoms with van der Waals surface area (Å²) in [5, 5.41) is 2.74. The zero-order valence-corrected chi connectivity index (χ0v) is 16.0. The third kappa shape index (κ3) is 4.90. The molecule has 3 aromatic rings. The predicted molar refractivity (Wildman–Crippen MR) is 109 cm³/mol. The first-order valence-corrected chi connectivity index (χ1v) is 8.83. The topological polar surface area (TPSA) is 86.6 Å². The number of amides is 1. The van der Waals surface area contributed by atoms with Gasteiger partial charge in [0.15, 0.2) is 0 Å². The van der Waals surface area contributed by atoms with Gasteiger partial charge in [0.1, 0.15) is 5.75 Å². The van der Waals surface area contributed by atoms with Crippen LogP contribution >= 0.6 is 0 Å². The van der Waals surface area contributed by atoms with Crippen LogP contribution < -0.4 is 15.6 Å². The Balaban J connectivity index is 1.76. The fourth-order valence-corrected chi connectivity index (χ4v) is 2.77. The van der Waals surface area contributed by atoms with Crippen LogP contribution in [0.15, 0.2) is 71.7 Å². The summed E-state index contributed by atoms with van der Waals surface area (Å²) in [5.41, 5.74) is 1.91. The maximum absolute atomic E-state index is 12.6. The van der Waals surface area contributed by atoms with Crippen molar-refractivity contribution in [3.8, 4) is 5.75 Å². The molecule has 7 nitrogen and oxygen atoms in total. The lowest BCUT2D eigenvalue weighted by molar-refractivity contribution is 0.0600. The zero-order chi connectivity index (χ0) is 20.8. The number of carbonyl (C=O) groups is 2. The highest BCUT2D eigenvalue weighted by Gasteiger charge is 2.10. The van der Waals surface area contributed by atoms with Crippen molar-refractivity contribution in [1.82, 2.24) is 4.57 Å². The number of nitrogens with one attached hydrogen (secondary N) is 1. The maximum atomic E-state index is 12.6. The van der Waals surface area contributed by atoms with E-state index in [0.29, 0.717) is 29.1 Å². The monoisotopic (exact) mass is 392 g/mol. The smallest absolute Gasteiger partial charge is 0.337 e. The van der Waals surface area contributed by atoms with E-state index in [1.54, 1.807) is 31.4 Å². The van der Waals surface area contributed by atoms with E-state index in [1.807, 2.05) is 24.3 Å². The van der Waals surface area contributed by atoms with E-state index in [1.165, 1.54) is 30.0 Å². The minimum Gasteiger partial charge on any atom is -0.497 e. The SMILES string of the molecule is COC(=O)c1ccc(NC(=O)c2ccc(=O)n(Cc3cccc(OC)c3)c2)cc1. The van der Waals surface area contributed by atoms with Gasteiger partial charge in [0, 0.05) is 18.0 Å². The van der Waals surface area contributed by atoms with Crippen LogP contribution in [0.1, 0.15) is 26.3 Å². The van der Waals surface area contributed by atoms with Crippen molar-refractivity contribution < 1.29 is 19.1 Å². The molecule has 0 aliphatic carbocycles. The van der Waals surface area contributed by atoms with Crippen molar-refractivity contribution in [3.05, 3.63) is 93.9 Å². The number of aromatic nitrogens is 1. The Morgan fingerprint density at radius 3 is 2.38 bits per heavy atom. The first-order valence-electron chi connectivity index (χ1n) is 8.83. The number of anilines is 1. The highest BCUT2D eigenvalue weighted by atomic mass is 16.5. The summed E-state index contributed by atoms with van der Waals surface area (Å²) in [5.74, 6) is -0.123. The van der Waals surface area contributed by atoms with Gasteiger partial charge in [-0.25, -0.2) is 4.79 Å². The Kier molecular flexibility index (Phi) is 6.09. The molecule has 1 N–H and O–H groups in total. The lowest BCUT2D eigenvalue weighted by Crippen LogP contribution is -2.22. The Morgan fingerprint density at radius 1 is 0.966 bits per heavy atom. The summed E-state index contributed by atoms with van der Waals surface area (Å²) < 4.78 is 11.3. The molecule has 0 saturated carbocycles. The van der Waals surface area contributed by atoms with Crippen molar-refractivity contribution in [2.75, 3.05) is 19.5 Å². The van der Waals surface area contributed by atoms with Gasteiger partial charge in [-0.2, -0.15) is 0 Å². The summed E-state index contributed by atoms with van der Waals surface area (Å²) in [4.78, 5) is 36.2. The van der Waals surface area contributed by atoms with Crippen LogP contribution in [0.2, 0.25) is 0 Å². The molecule has 2 aromatic carbocycles. The largest absolute Gasteiger partial charge is 0.497 e. The van der Waals surface area contributed by atoms with Gasteiger partial charge in [0.25, 0.3) is 11.5 Å². The fourth-order valence-electron chi connectivity index (χ4n) is 2.77. The second-order valence-corrected chi connectivity index (χ2v) is 6.26. The van der Waals surface area contributed by atoms with Gasteiger partial charge >= 0.3 is 5.97 Å². The minimum absolute atomic E-state index is 0.216. The molecular weight excluding hydrogens is 372 g/mol. The van der Waals surface area contributed by atoms with E-state index in [-0.39, 0.29) is 11.5 Å². The average Bonchev–Trinajstić information content (AvgIpc) is 2.75. The molecule has 1 aromatic heterocycles. The van der Waals surface area contributed by atoms with Crippen molar-refractivity contribution in [1.29, 1.82) is 0 Å². The molecule has 1 heterocycles. The summed E-state index contributed by atoms with van der Waals surface area (Å²) in [6.45, 7) is 0.310. The molecule has 29 heavy (non-hydrogen) atoms. The Labute approximate surface area is 167 Å². The number of rotatable bonds is 6. The molecule has 0 spiro atoms. The van der Waals surface area contributed by atoms with Crippen LogP contribution in [0, 0.1) is 0 Å². The number of hydrogen-bond donors (Lipinski definition) is 1. The van der Waals surface area contributed by atoms with Crippen LogP contribution in [0.25, 0.3) is 0 Å². The normalized spacial score (nSPS) is 10.3. The van der Waals surface area contributed by atoms with Crippen LogP contribution in [0.3, 0.4) is 0 Å². The first-order chi connectivity index (χ1) is 14.0. The number of pyridine rings is 1. The van der Waals surface area contributed by atoms with Crippen LogP contribution in [-0.2, 0) is 11.3 Å². The fraction of sp³-hybridized carbons (Fsp3) is 0.136. The quantitative estimate of drug-likeness (QED) is 0.652. The van der Waals surface area contributed by atoms with E-state index < -0.39 is 5.97 Å². The minimum atomic E-state index is -0.451. The third-order valence-corrected chi connectivity index (χ3v) is 4.30. The molecular formula is C22H20N2O5. The number of hydrogen-bond acceptors (Lipinski definition) is 5. The predicted octanol–water partition coefficient (Wildman–Crippen LogP) is 2.94. The molecule has 0 radical (unpaired) electrons. The van der Waals surface area contributed by atoms with Gasteiger partial charge in [0.2, 0.25) is 0 Å². The van der Waals surface area contributed by atoms with E-state index in [4.69, 9.17) is 4.74 Å². The second-order valence-electron chi connectivity index (χ2n) is 6.26. The van der Waals surface area contributed by atoms with E-state index in [9.17, 15) is 14.4 Å². The third-order valence-electron chi connectivity index (χ3n) is 4.30. The Morgan fingerprint density at radius 2 is 1.69 bits per heavy atom. The molecule has 0 aliphatic heterocycles. The molecule has 1 amide bonds. The molecule has 0 atom stereocenters. The molecule has 0 bridgehead atoms. The van der Waals surface area contributed by atoms with Crippen molar-refractivity contribution in [3.63, 3.8) is 0 Å². The average molecular weight is 392 g/mol. The van der Waals surface area contributed by atoms with Crippen molar-refractivity contribution >= 4 is 17.6 Å². The number of methoxy groups -OCH3 is 2. The van der Waals surface area contributed by atoms with E-state index >= 15 is 0 Å². The molecule has 0 unspecified atom stereocenters. The zero-order valence-electron chi connectivity index (χ0n) is 16.0. The molecule has 148 valence electrons. The summed E-state index contributed by atoms with van der Waals surface area (Å²) in [6.07, 6.45) is 1.51. The van der Waals surface area contributed by atoms with Crippen LogP contribution in [-0.4, -0.2) is 30.7 Å². The van der Waals surface area contributed by atoms with Gasteiger partial charge in [-0.05, 0) is 48.0 Å². The number of nitrogens with zero attached hydrogens (tertiary/aromatic N) is 1. The highest BCUT2D eigenvalue weighted by molar-refractivity contribution is 6.04. The van der Waals surface area contributed by atoms with Gasteiger partial charge in [-0.3, -0.25) is 9.59 Å². The van der Waals surface area contributed by atoms with Gasteiger partial charge < -0.3 is 19.4 Å². The maximum Gasteiger partial charge on any atom is 0.337 e. The number of esters is 1. The number of carbonyl (C=O) groups excluding carboxylic acids is 2. The summed E-state index contributed by atoms with van der Waals surface area (Å²) in [6, 6.07) is 16.5. The Hall–Kier alpha value is -3.87. The molecule has 0 saturated heterocycles. The molecule has 7 heteroatoms. The molecule has 0 aliphatic rings. The van der Waals surface area contributed by atoms with Crippen molar-refractivity contribution in [2.24, 2.45) is 0 Å². The lowest BCUT2D eigenvalue weighted by atomic mass is 10.2. The van der Waals surface area contributed by atoms with Crippen LogP contribution in [0.5, 0.6) is 5.75 Å². The van der Waals surface area contributed by atoms with Crippen LogP contribution in [0.4, 0.5) is 5.69 Å². The van der Waals surface area contributed by atoms with Gasteiger partial charge in [0.05, 0.1) is 31.9 Å².